The third-order valence-electron chi connectivity index (χ3n) is 4.86. The Balaban J connectivity index is 1.99. The number of esters is 1. The Hall–Kier alpha value is -2.24. The van der Waals surface area contributed by atoms with Gasteiger partial charge in [-0.25, -0.2) is 4.79 Å². The molecule has 2 rings (SSSR count). The number of hydrogen-bond donors (Lipinski definition) is 0. The van der Waals surface area contributed by atoms with Gasteiger partial charge in [0.2, 0.25) is 0 Å². The van der Waals surface area contributed by atoms with Crippen LogP contribution in [-0.4, -0.2) is 23.3 Å². The Labute approximate surface area is 141 Å². The summed E-state index contributed by atoms with van der Waals surface area (Å²) < 4.78 is 5.31. The van der Waals surface area contributed by atoms with Gasteiger partial charge in [0.1, 0.15) is 12.4 Å². The molecule has 1 aromatic rings. The molecular weight excluding hydrogens is 310 g/mol. The van der Waals surface area contributed by atoms with Crippen molar-refractivity contribution >= 4 is 17.4 Å². The molecule has 1 aliphatic carbocycles. The number of ether oxygens (including phenoxy) is 1. The van der Waals surface area contributed by atoms with E-state index < -0.39 is 10.9 Å². The maximum absolute atomic E-state index is 12.6. The number of carbonyl (C=O) groups excluding carboxylic acids is 2. The minimum Gasteiger partial charge on any atom is -0.461 e. The molecule has 0 radical (unpaired) electrons. The first-order valence-corrected chi connectivity index (χ1v) is 8.26. The van der Waals surface area contributed by atoms with Crippen LogP contribution in [-0.2, 0) is 9.53 Å². The number of carbonyl (C=O) groups is 2. The van der Waals surface area contributed by atoms with Crippen LogP contribution in [0.4, 0.5) is 5.69 Å². The number of benzene rings is 1. The SMILES string of the molecule is CC(C)C1CCC(C)C(COC(=O)c2ccc([N+](=O)[O-])cc2)C1=O. The van der Waals surface area contributed by atoms with Crippen molar-refractivity contribution in [2.45, 2.75) is 33.6 Å². The molecule has 0 aliphatic heterocycles. The summed E-state index contributed by atoms with van der Waals surface area (Å²) in [4.78, 5) is 34.8. The summed E-state index contributed by atoms with van der Waals surface area (Å²) in [5.74, 6) is -0.135. The third kappa shape index (κ3) is 3.99. The molecule has 1 aliphatic rings. The molecule has 3 unspecified atom stereocenters. The first-order chi connectivity index (χ1) is 11.3. The number of rotatable bonds is 5. The van der Waals surface area contributed by atoms with E-state index in [0.29, 0.717) is 0 Å². The maximum Gasteiger partial charge on any atom is 0.338 e. The van der Waals surface area contributed by atoms with Gasteiger partial charge in [0, 0.05) is 18.1 Å². The first kappa shape index (κ1) is 18.1. The van der Waals surface area contributed by atoms with E-state index in [-0.39, 0.29) is 47.3 Å². The van der Waals surface area contributed by atoms with Crippen LogP contribution >= 0.6 is 0 Å². The highest BCUT2D eigenvalue weighted by molar-refractivity contribution is 5.90. The van der Waals surface area contributed by atoms with E-state index in [1.54, 1.807) is 0 Å². The molecule has 0 amide bonds. The molecule has 24 heavy (non-hydrogen) atoms. The van der Waals surface area contributed by atoms with E-state index in [0.717, 1.165) is 12.8 Å². The third-order valence-corrected chi connectivity index (χ3v) is 4.86. The summed E-state index contributed by atoms with van der Waals surface area (Å²) >= 11 is 0. The molecule has 0 heterocycles. The lowest BCUT2D eigenvalue weighted by molar-refractivity contribution is -0.384. The molecule has 1 aromatic carbocycles. The van der Waals surface area contributed by atoms with Crippen molar-refractivity contribution in [3.8, 4) is 0 Å². The van der Waals surface area contributed by atoms with Gasteiger partial charge in [-0.3, -0.25) is 14.9 Å². The summed E-state index contributed by atoms with van der Waals surface area (Å²) in [6, 6.07) is 5.26. The Bertz CT molecular complexity index is 623. The van der Waals surface area contributed by atoms with Crippen molar-refractivity contribution in [3.63, 3.8) is 0 Å². The van der Waals surface area contributed by atoms with Crippen molar-refractivity contribution in [2.75, 3.05) is 6.61 Å². The number of Topliss-reactive ketones (excluding diaryl/α,β-unsaturated/α-hetero) is 1. The van der Waals surface area contributed by atoms with Crippen LogP contribution in [0.5, 0.6) is 0 Å². The molecule has 3 atom stereocenters. The predicted octanol–water partition coefficient (Wildman–Crippen LogP) is 3.64. The standard InChI is InChI=1S/C18H23NO5/c1-11(2)15-9-4-12(3)16(17(15)20)10-24-18(21)13-5-7-14(8-6-13)19(22)23/h5-8,11-12,15-16H,4,9-10H2,1-3H3. The first-order valence-electron chi connectivity index (χ1n) is 8.26. The Kier molecular flexibility index (Phi) is 5.70. The molecule has 6 heteroatoms. The summed E-state index contributed by atoms with van der Waals surface area (Å²) in [7, 11) is 0. The van der Waals surface area contributed by atoms with Gasteiger partial charge in [0.05, 0.1) is 16.4 Å². The van der Waals surface area contributed by atoms with E-state index in [1.165, 1.54) is 24.3 Å². The van der Waals surface area contributed by atoms with Crippen molar-refractivity contribution in [2.24, 2.45) is 23.7 Å². The Morgan fingerprint density at radius 3 is 2.46 bits per heavy atom. The van der Waals surface area contributed by atoms with E-state index >= 15 is 0 Å². The normalized spacial score (nSPS) is 24.0. The summed E-state index contributed by atoms with van der Waals surface area (Å²) in [5.41, 5.74) is 0.166. The molecule has 0 bridgehead atoms. The van der Waals surface area contributed by atoms with Crippen LogP contribution in [0.2, 0.25) is 0 Å². The van der Waals surface area contributed by atoms with E-state index in [1.807, 2.05) is 20.8 Å². The molecule has 0 N–H and O–H groups in total. The summed E-state index contributed by atoms with van der Waals surface area (Å²) in [5, 5.41) is 10.6. The molecule has 130 valence electrons. The van der Waals surface area contributed by atoms with Gasteiger partial charge in [-0.1, -0.05) is 20.8 Å². The molecule has 1 saturated carbocycles. The van der Waals surface area contributed by atoms with Crippen LogP contribution in [0, 0.1) is 33.8 Å². The maximum atomic E-state index is 12.6. The second-order valence-corrected chi connectivity index (χ2v) is 6.82. The number of nitro groups is 1. The van der Waals surface area contributed by atoms with Gasteiger partial charge in [0.15, 0.2) is 0 Å². The molecule has 0 aromatic heterocycles. The van der Waals surface area contributed by atoms with Crippen molar-refractivity contribution in [1.29, 1.82) is 0 Å². The predicted molar refractivity (Wildman–Crippen MR) is 88.6 cm³/mol. The minimum atomic E-state index is -0.559. The van der Waals surface area contributed by atoms with Crippen LogP contribution in [0.3, 0.4) is 0 Å². The van der Waals surface area contributed by atoms with E-state index in [9.17, 15) is 19.7 Å². The van der Waals surface area contributed by atoms with E-state index in [2.05, 4.69) is 0 Å². The lowest BCUT2D eigenvalue weighted by Crippen LogP contribution is -2.39. The Morgan fingerprint density at radius 1 is 1.29 bits per heavy atom. The van der Waals surface area contributed by atoms with Crippen LogP contribution in [0.15, 0.2) is 24.3 Å². The smallest absolute Gasteiger partial charge is 0.338 e. The fourth-order valence-electron chi connectivity index (χ4n) is 3.22. The largest absolute Gasteiger partial charge is 0.461 e. The quantitative estimate of drug-likeness (QED) is 0.466. The minimum absolute atomic E-state index is 0.0317. The van der Waals surface area contributed by atoms with Crippen LogP contribution in [0.1, 0.15) is 44.0 Å². The fourth-order valence-corrected chi connectivity index (χ4v) is 3.22. The van der Waals surface area contributed by atoms with E-state index in [4.69, 9.17) is 4.74 Å². The average Bonchev–Trinajstić information content (AvgIpc) is 2.54. The zero-order chi connectivity index (χ0) is 17.9. The van der Waals surface area contributed by atoms with Gasteiger partial charge >= 0.3 is 5.97 Å². The second kappa shape index (κ2) is 7.55. The molecule has 0 spiro atoms. The number of ketones is 1. The van der Waals surface area contributed by atoms with Gasteiger partial charge in [-0.05, 0) is 36.8 Å². The number of nitrogens with zero attached hydrogens (tertiary/aromatic N) is 1. The van der Waals surface area contributed by atoms with Gasteiger partial charge in [-0.2, -0.15) is 0 Å². The average molecular weight is 333 g/mol. The molecule has 0 saturated heterocycles. The highest BCUT2D eigenvalue weighted by Crippen LogP contribution is 2.34. The topological polar surface area (TPSA) is 86.5 Å². The summed E-state index contributed by atoms with van der Waals surface area (Å²) in [6.07, 6.45) is 1.85. The number of nitro benzene ring substituents is 1. The lowest BCUT2D eigenvalue weighted by atomic mass is 9.70. The zero-order valence-corrected chi connectivity index (χ0v) is 14.2. The number of hydrogen-bond acceptors (Lipinski definition) is 5. The van der Waals surface area contributed by atoms with Crippen molar-refractivity contribution in [1.82, 2.24) is 0 Å². The zero-order valence-electron chi connectivity index (χ0n) is 14.2. The van der Waals surface area contributed by atoms with Crippen LogP contribution in [0.25, 0.3) is 0 Å². The van der Waals surface area contributed by atoms with Gasteiger partial charge < -0.3 is 4.74 Å². The lowest BCUT2D eigenvalue weighted by Gasteiger charge is -2.34. The second-order valence-electron chi connectivity index (χ2n) is 6.82. The highest BCUT2D eigenvalue weighted by Gasteiger charge is 2.37. The fraction of sp³-hybridized carbons (Fsp3) is 0.556. The number of non-ortho nitro benzene ring substituents is 1. The van der Waals surface area contributed by atoms with Crippen molar-refractivity contribution < 1.29 is 19.2 Å². The van der Waals surface area contributed by atoms with Crippen LogP contribution < -0.4 is 0 Å². The summed E-state index contributed by atoms with van der Waals surface area (Å²) in [6.45, 7) is 6.16. The molecule has 1 fully saturated rings. The Morgan fingerprint density at radius 2 is 1.92 bits per heavy atom. The van der Waals surface area contributed by atoms with Gasteiger partial charge in [0.25, 0.3) is 5.69 Å². The monoisotopic (exact) mass is 333 g/mol. The van der Waals surface area contributed by atoms with Gasteiger partial charge in [-0.15, -0.1) is 0 Å². The van der Waals surface area contributed by atoms with Crippen molar-refractivity contribution in [3.05, 3.63) is 39.9 Å². The molecular formula is C18H23NO5. The highest BCUT2D eigenvalue weighted by atomic mass is 16.6. The molecule has 6 nitrogen and oxygen atoms in total.